The van der Waals surface area contributed by atoms with Gasteiger partial charge in [-0.05, 0) is 50.1 Å². The Morgan fingerprint density at radius 1 is 1.48 bits per heavy atom. The van der Waals surface area contributed by atoms with E-state index in [1.54, 1.807) is 4.88 Å². The fourth-order valence-corrected chi connectivity index (χ4v) is 4.23. The minimum absolute atomic E-state index is 0. The van der Waals surface area contributed by atoms with E-state index in [1.807, 2.05) is 11.3 Å². The third-order valence-electron chi connectivity index (χ3n) is 4.84. The first-order valence-corrected chi connectivity index (χ1v) is 10.1. The van der Waals surface area contributed by atoms with E-state index in [9.17, 15) is 0 Å². The molecule has 3 heterocycles. The van der Waals surface area contributed by atoms with Crippen LogP contribution in [0.3, 0.4) is 0 Å². The molecule has 25 heavy (non-hydrogen) atoms. The summed E-state index contributed by atoms with van der Waals surface area (Å²) in [5.74, 6) is 0.910. The lowest BCUT2D eigenvalue weighted by molar-refractivity contribution is 0.113. The summed E-state index contributed by atoms with van der Waals surface area (Å²) in [6.45, 7) is 10.0. The molecule has 7 heteroatoms. The highest BCUT2D eigenvalue weighted by molar-refractivity contribution is 14.0. The normalized spacial score (nSPS) is 22.2. The van der Waals surface area contributed by atoms with Crippen LogP contribution in [0.25, 0.3) is 0 Å². The van der Waals surface area contributed by atoms with Gasteiger partial charge in [0.2, 0.25) is 0 Å². The van der Waals surface area contributed by atoms with Crippen LogP contribution in [0, 0.1) is 0 Å². The number of thiophene rings is 1. The van der Waals surface area contributed by atoms with Gasteiger partial charge in [0.25, 0.3) is 0 Å². The van der Waals surface area contributed by atoms with Crippen LogP contribution < -0.4 is 10.6 Å². The number of nitrogens with one attached hydrogen (secondary N) is 2. The van der Waals surface area contributed by atoms with Crippen molar-refractivity contribution in [3.05, 3.63) is 21.9 Å². The predicted molar refractivity (Wildman–Crippen MR) is 116 cm³/mol. The van der Waals surface area contributed by atoms with Gasteiger partial charge < -0.3 is 15.4 Å². The second kappa shape index (κ2) is 10.7. The molecule has 0 amide bonds. The lowest BCUT2D eigenvalue weighted by atomic mass is 10.1. The first-order valence-electron chi connectivity index (χ1n) is 9.19. The van der Waals surface area contributed by atoms with Crippen LogP contribution in [0.4, 0.5) is 0 Å². The molecule has 2 N–H and O–H groups in total. The molecule has 1 aromatic heterocycles. The number of aliphatic imine (C=N–C) groups is 1. The van der Waals surface area contributed by atoms with Gasteiger partial charge in [-0.15, -0.1) is 35.3 Å². The zero-order valence-electron chi connectivity index (χ0n) is 15.3. The van der Waals surface area contributed by atoms with Crippen LogP contribution in [0.1, 0.15) is 37.1 Å². The molecule has 2 atom stereocenters. The van der Waals surface area contributed by atoms with E-state index in [2.05, 4.69) is 40.8 Å². The fraction of sp³-hybridized carbons (Fsp3) is 0.722. The van der Waals surface area contributed by atoms with E-state index >= 15 is 0 Å². The minimum Gasteiger partial charge on any atom is -0.376 e. The van der Waals surface area contributed by atoms with Crippen molar-refractivity contribution in [3.8, 4) is 0 Å². The summed E-state index contributed by atoms with van der Waals surface area (Å²) in [6.07, 6.45) is 3.85. The van der Waals surface area contributed by atoms with E-state index in [0.717, 1.165) is 51.7 Å². The van der Waals surface area contributed by atoms with Crippen LogP contribution in [-0.2, 0) is 17.7 Å². The van der Waals surface area contributed by atoms with Crippen molar-refractivity contribution in [2.75, 3.05) is 32.8 Å². The Labute approximate surface area is 172 Å². The maximum absolute atomic E-state index is 5.68. The monoisotopic (exact) mass is 478 g/mol. The summed E-state index contributed by atoms with van der Waals surface area (Å²) in [6, 6.07) is 2.73. The van der Waals surface area contributed by atoms with Crippen LogP contribution >= 0.6 is 35.3 Å². The van der Waals surface area contributed by atoms with Gasteiger partial charge in [-0.2, -0.15) is 0 Å². The molecule has 1 fully saturated rings. The van der Waals surface area contributed by atoms with E-state index in [4.69, 9.17) is 9.73 Å². The highest BCUT2D eigenvalue weighted by Crippen LogP contribution is 2.25. The van der Waals surface area contributed by atoms with Crippen molar-refractivity contribution >= 4 is 41.3 Å². The molecule has 1 aromatic rings. The molecular formula is C18H31IN4OS. The summed E-state index contributed by atoms with van der Waals surface area (Å²) >= 11 is 1.90. The van der Waals surface area contributed by atoms with E-state index < -0.39 is 0 Å². The quantitative estimate of drug-likeness (QED) is 0.375. The molecule has 2 aliphatic rings. The molecule has 2 aliphatic heterocycles. The van der Waals surface area contributed by atoms with Crippen molar-refractivity contribution in [1.82, 2.24) is 15.5 Å². The van der Waals surface area contributed by atoms with Gasteiger partial charge in [0.15, 0.2) is 5.96 Å². The number of guanidine groups is 1. The van der Waals surface area contributed by atoms with Crippen molar-refractivity contribution < 1.29 is 4.74 Å². The topological polar surface area (TPSA) is 48.9 Å². The smallest absolute Gasteiger partial charge is 0.191 e. The average Bonchev–Trinajstić information content (AvgIpc) is 3.27. The average molecular weight is 478 g/mol. The molecular weight excluding hydrogens is 447 g/mol. The van der Waals surface area contributed by atoms with E-state index in [0.29, 0.717) is 12.1 Å². The van der Waals surface area contributed by atoms with Gasteiger partial charge in [-0.25, -0.2) is 0 Å². The molecule has 0 saturated carbocycles. The van der Waals surface area contributed by atoms with Gasteiger partial charge in [-0.1, -0.05) is 0 Å². The summed E-state index contributed by atoms with van der Waals surface area (Å²) < 4.78 is 5.68. The molecule has 0 aromatic carbocycles. The number of nitrogens with zero attached hydrogens (tertiary/aromatic N) is 2. The van der Waals surface area contributed by atoms with Gasteiger partial charge in [-0.3, -0.25) is 9.89 Å². The van der Waals surface area contributed by atoms with E-state index in [-0.39, 0.29) is 24.0 Å². The van der Waals surface area contributed by atoms with Crippen LogP contribution in [-0.4, -0.2) is 55.8 Å². The van der Waals surface area contributed by atoms with E-state index in [1.165, 1.54) is 18.4 Å². The van der Waals surface area contributed by atoms with Crippen molar-refractivity contribution in [1.29, 1.82) is 0 Å². The second-order valence-corrected chi connectivity index (χ2v) is 7.67. The van der Waals surface area contributed by atoms with Crippen molar-refractivity contribution in [2.45, 2.75) is 51.8 Å². The largest absolute Gasteiger partial charge is 0.376 e. The number of hydrogen-bond acceptors (Lipinski definition) is 4. The maximum Gasteiger partial charge on any atom is 0.191 e. The number of ether oxygens (including phenoxy) is 1. The molecule has 2 unspecified atom stereocenters. The lowest BCUT2D eigenvalue weighted by Crippen LogP contribution is -2.43. The van der Waals surface area contributed by atoms with Gasteiger partial charge in [0.05, 0.1) is 12.6 Å². The highest BCUT2D eigenvalue weighted by Gasteiger charge is 2.21. The second-order valence-electron chi connectivity index (χ2n) is 6.67. The molecule has 142 valence electrons. The zero-order chi connectivity index (χ0) is 16.8. The van der Waals surface area contributed by atoms with Crippen molar-refractivity contribution in [3.63, 3.8) is 0 Å². The summed E-state index contributed by atoms with van der Waals surface area (Å²) in [7, 11) is 0. The molecule has 0 bridgehead atoms. The summed E-state index contributed by atoms with van der Waals surface area (Å²) in [4.78, 5) is 8.90. The molecule has 3 rings (SSSR count). The van der Waals surface area contributed by atoms with Gasteiger partial charge >= 0.3 is 0 Å². The Balaban J connectivity index is 0.00000225. The van der Waals surface area contributed by atoms with Crippen LogP contribution in [0.2, 0.25) is 0 Å². The van der Waals surface area contributed by atoms with Crippen LogP contribution in [0.15, 0.2) is 16.4 Å². The maximum atomic E-state index is 5.68. The molecule has 0 aliphatic carbocycles. The van der Waals surface area contributed by atoms with Gasteiger partial charge in [0, 0.05) is 43.7 Å². The number of hydrogen-bond donors (Lipinski definition) is 2. The molecule has 0 spiro atoms. The van der Waals surface area contributed by atoms with Crippen LogP contribution in [0.5, 0.6) is 0 Å². The third kappa shape index (κ3) is 6.08. The molecule has 1 saturated heterocycles. The Kier molecular flexibility index (Phi) is 8.95. The predicted octanol–water partition coefficient (Wildman–Crippen LogP) is 2.85. The number of rotatable bonds is 6. The highest BCUT2D eigenvalue weighted by atomic mass is 127. The fourth-order valence-electron chi connectivity index (χ4n) is 3.34. The summed E-state index contributed by atoms with van der Waals surface area (Å²) in [5, 5.41) is 8.99. The third-order valence-corrected chi connectivity index (χ3v) is 5.86. The van der Waals surface area contributed by atoms with Crippen molar-refractivity contribution in [2.24, 2.45) is 4.99 Å². The van der Waals surface area contributed by atoms with Gasteiger partial charge in [0.1, 0.15) is 0 Å². The molecule has 0 radical (unpaired) electrons. The Bertz CT molecular complexity index is 545. The Morgan fingerprint density at radius 2 is 2.36 bits per heavy atom. The Morgan fingerprint density at radius 3 is 3.12 bits per heavy atom. The lowest BCUT2D eigenvalue weighted by Gasteiger charge is -2.31. The number of fused-ring (bicyclic) bond motifs is 1. The number of halogens is 1. The first-order chi connectivity index (χ1) is 11.8. The minimum atomic E-state index is 0. The standard InChI is InChI=1S/C18H30N4OS.HI/c1-3-19-18(21-12-16-5-4-9-23-16)20-11-14(2)22-8-6-17-15(13-22)7-10-24-17;/h7,10,14,16H,3-6,8-9,11-13H2,1-2H3,(H2,19,20,21);1H. The zero-order valence-corrected chi connectivity index (χ0v) is 18.4. The summed E-state index contributed by atoms with van der Waals surface area (Å²) in [5.41, 5.74) is 1.51. The molecule has 5 nitrogen and oxygen atoms in total. The Hall–Kier alpha value is -0.380. The first kappa shape index (κ1) is 20.9. The SMILES string of the molecule is CCNC(=NCC(C)N1CCc2sccc2C1)NCC1CCCO1.I.